The molecule has 1 N–H and O–H groups in total. The number of aryl methyl sites for hydroxylation is 1. The van der Waals surface area contributed by atoms with Crippen molar-refractivity contribution >= 4 is 16.7 Å². The maximum atomic E-state index is 13.3. The Morgan fingerprint density at radius 1 is 1.06 bits per heavy atom. The third-order valence-corrected chi connectivity index (χ3v) is 5.99. The highest BCUT2D eigenvalue weighted by atomic mass is 16.7. The van der Waals surface area contributed by atoms with Crippen LogP contribution in [0.5, 0.6) is 0 Å². The van der Waals surface area contributed by atoms with Crippen LogP contribution in [0, 0.1) is 13.8 Å². The molecule has 4 aromatic rings. The van der Waals surface area contributed by atoms with E-state index in [9.17, 15) is 4.79 Å². The quantitative estimate of drug-likeness (QED) is 0.428. The fraction of sp³-hybridized carbons (Fsp3) is 0.259. The minimum atomic E-state index is -0.382. The van der Waals surface area contributed by atoms with Crippen molar-refractivity contribution in [2.24, 2.45) is 0 Å². The Bertz CT molecular complexity index is 1360. The van der Waals surface area contributed by atoms with E-state index in [1.807, 2.05) is 49.4 Å². The molecule has 3 heterocycles. The molecular weight excluding hydrogens is 416 g/mol. The molecule has 0 spiro atoms. The van der Waals surface area contributed by atoms with Gasteiger partial charge in [0.15, 0.2) is 11.7 Å². The number of rotatable bonds is 5. The van der Waals surface area contributed by atoms with E-state index in [1.165, 1.54) is 0 Å². The van der Waals surface area contributed by atoms with E-state index in [1.54, 1.807) is 19.3 Å². The number of hydrogen-bond donors (Lipinski definition) is 1. The Balaban J connectivity index is 1.61. The van der Waals surface area contributed by atoms with Crippen LogP contribution in [-0.4, -0.2) is 18.2 Å². The first kappa shape index (κ1) is 21.4. The Morgan fingerprint density at radius 3 is 2.61 bits per heavy atom. The zero-order valence-corrected chi connectivity index (χ0v) is 18.9. The molecule has 1 unspecified atom stereocenters. The van der Waals surface area contributed by atoms with Gasteiger partial charge in [0.2, 0.25) is 0 Å². The van der Waals surface area contributed by atoms with Crippen LogP contribution in [0.3, 0.4) is 0 Å². The lowest BCUT2D eigenvalue weighted by molar-refractivity contribution is -0.0436. The summed E-state index contributed by atoms with van der Waals surface area (Å²) in [6, 6.07) is 15.5. The topological polar surface area (TPSA) is 73.6 Å². The lowest BCUT2D eigenvalue weighted by atomic mass is 9.98. The summed E-state index contributed by atoms with van der Waals surface area (Å²) in [5, 5.41) is 4.16. The molecule has 2 aromatic heterocycles. The second-order valence-electron chi connectivity index (χ2n) is 8.38. The van der Waals surface area contributed by atoms with E-state index in [0.29, 0.717) is 35.5 Å². The van der Waals surface area contributed by atoms with Gasteiger partial charge in [0.05, 0.1) is 24.6 Å². The molecule has 0 amide bonds. The number of para-hydroxylation sites is 1. The van der Waals surface area contributed by atoms with Crippen molar-refractivity contribution in [3.05, 3.63) is 93.4 Å². The molecule has 5 rings (SSSR count). The molecule has 168 valence electrons. The van der Waals surface area contributed by atoms with Crippen LogP contribution in [0.1, 0.15) is 41.5 Å². The van der Waals surface area contributed by atoms with E-state index in [4.69, 9.17) is 13.9 Å². The molecule has 0 aliphatic carbocycles. The van der Waals surface area contributed by atoms with Gasteiger partial charge < -0.3 is 19.2 Å². The van der Waals surface area contributed by atoms with E-state index < -0.39 is 0 Å². The van der Waals surface area contributed by atoms with E-state index in [0.717, 1.165) is 27.9 Å². The number of benzene rings is 2. The van der Waals surface area contributed by atoms with Crippen molar-refractivity contribution in [1.29, 1.82) is 0 Å². The van der Waals surface area contributed by atoms with Crippen LogP contribution in [0.2, 0.25) is 0 Å². The van der Waals surface area contributed by atoms with Crippen molar-refractivity contribution in [2.45, 2.75) is 33.1 Å². The van der Waals surface area contributed by atoms with E-state index in [2.05, 4.69) is 23.3 Å². The van der Waals surface area contributed by atoms with Crippen molar-refractivity contribution in [3.8, 4) is 11.3 Å². The van der Waals surface area contributed by atoms with Gasteiger partial charge in [0.1, 0.15) is 11.3 Å². The predicted molar refractivity (Wildman–Crippen MR) is 128 cm³/mol. The van der Waals surface area contributed by atoms with Crippen LogP contribution >= 0.6 is 0 Å². The maximum Gasteiger partial charge on any atom is 0.196 e. The molecule has 0 bridgehead atoms. The number of ether oxygens (including phenoxy) is 2. The van der Waals surface area contributed by atoms with Gasteiger partial charge in [0, 0.05) is 40.3 Å². The number of anilines is 1. The lowest BCUT2D eigenvalue weighted by Crippen LogP contribution is -2.14. The molecule has 2 aromatic carbocycles. The summed E-state index contributed by atoms with van der Waals surface area (Å²) in [4.78, 5) is 17.5. The SMILES string of the molecule is Cc1cc(C(C)Nc2ccccc2C2OCCO2)c2oc(-c3cccnc3)c(C)c(=O)c2c1. The highest BCUT2D eigenvalue weighted by Gasteiger charge is 2.23. The Kier molecular flexibility index (Phi) is 5.70. The molecule has 1 aliphatic heterocycles. The maximum absolute atomic E-state index is 13.3. The van der Waals surface area contributed by atoms with Crippen LogP contribution in [0.15, 0.2) is 70.1 Å². The highest BCUT2D eigenvalue weighted by molar-refractivity contribution is 5.84. The van der Waals surface area contributed by atoms with E-state index in [-0.39, 0.29) is 17.8 Å². The van der Waals surface area contributed by atoms with Crippen molar-refractivity contribution in [1.82, 2.24) is 4.98 Å². The normalized spacial score (nSPS) is 15.1. The largest absolute Gasteiger partial charge is 0.455 e. The standard InChI is InChI=1S/C27H26N2O4/c1-16-13-21(18(3)29-23-9-5-4-8-20(23)27-31-11-12-32-27)26-22(14-16)24(30)17(2)25(33-26)19-7-6-10-28-15-19/h4-10,13-15,18,27,29H,11-12H2,1-3H3. The molecule has 6 nitrogen and oxygen atoms in total. The van der Waals surface area contributed by atoms with Gasteiger partial charge in [-0.3, -0.25) is 9.78 Å². The number of nitrogens with zero attached hydrogens (tertiary/aromatic N) is 1. The van der Waals surface area contributed by atoms with Crippen LogP contribution in [-0.2, 0) is 9.47 Å². The van der Waals surface area contributed by atoms with Crippen LogP contribution in [0.25, 0.3) is 22.3 Å². The summed E-state index contributed by atoms with van der Waals surface area (Å²) in [5.74, 6) is 0.547. The second kappa shape index (κ2) is 8.81. The predicted octanol–water partition coefficient (Wildman–Crippen LogP) is 5.69. The minimum absolute atomic E-state index is 0.0274. The number of hydrogen-bond acceptors (Lipinski definition) is 6. The van der Waals surface area contributed by atoms with Gasteiger partial charge in [0.25, 0.3) is 0 Å². The van der Waals surface area contributed by atoms with Gasteiger partial charge in [-0.1, -0.05) is 24.3 Å². The molecule has 1 aliphatic rings. The van der Waals surface area contributed by atoms with Gasteiger partial charge in [-0.15, -0.1) is 0 Å². The monoisotopic (exact) mass is 442 g/mol. The third kappa shape index (κ3) is 4.03. The van der Waals surface area contributed by atoms with Crippen LogP contribution < -0.4 is 10.7 Å². The number of fused-ring (bicyclic) bond motifs is 1. The zero-order valence-electron chi connectivity index (χ0n) is 18.9. The Labute approximate surface area is 192 Å². The summed E-state index contributed by atoms with van der Waals surface area (Å²) in [6.07, 6.45) is 3.03. The van der Waals surface area contributed by atoms with Gasteiger partial charge in [-0.05, 0) is 50.6 Å². The van der Waals surface area contributed by atoms with Gasteiger partial charge in [-0.25, -0.2) is 0 Å². The first-order valence-corrected chi connectivity index (χ1v) is 11.1. The summed E-state index contributed by atoms with van der Waals surface area (Å²) in [7, 11) is 0. The lowest BCUT2D eigenvalue weighted by Gasteiger charge is -2.22. The first-order chi connectivity index (χ1) is 16.0. The smallest absolute Gasteiger partial charge is 0.196 e. The first-order valence-electron chi connectivity index (χ1n) is 11.1. The van der Waals surface area contributed by atoms with Gasteiger partial charge >= 0.3 is 0 Å². The van der Waals surface area contributed by atoms with Crippen LogP contribution in [0.4, 0.5) is 5.69 Å². The average Bonchev–Trinajstić information content (AvgIpc) is 3.37. The molecule has 1 fully saturated rings. The average molecular weight is 443 g/mol. The molecule has 1 saturated heterocycles. The number of aromatic nitrogens is 1. The summed E-state index contributed by atoms with van der Waals surface area (Å²) < 4.78 is 17.8. The minimum Gasteiger partial charge on any atom is -0.455 e. The van der Waals surface area contributed by atoms with Gasteiger partial charge in [-0.2, -0.15) is 0 Å². The fourth-order valence-electron chi connectivity index (χ4n) is 4.34. The number of nitrogens with one attached hydrogen (secondary N) is 1. The van der Waals surface area contributed by atoms with Crippen molar-refractivity contribution < 1.29 is 13.9 Å². The summed E-state index contributed by atoms with van der Waals surface area (Å²) >= 11 is 0. The zero-order chi connectivity index (χ0) is 22.9. The number of pyridine rings is 1. The van der Waals surface area contributed by atoms with Crippen molar-refractivity contribution in [3.63, 3.8) is 0 Å². The molecule has 33 heavy (non-hydrogen) atoms. The summed E-state index contributed by atoms with van der Waals surface area (Å²) in [6.45, 7) is 7.02. The van der Waals surface area contributed by atoms with Crippen molar-refractivity contribution in [2.75, 3.05) is 18.5 Å². The molecule has 1 atom stereocenters. The third-order valence-electron chi connectivity index (χ3n) is 5.99. The molecule has 0 saturated carbocycles. The molecule has 6 heteroatoms. The fourth-order valence-corrected chi connectivity index (χ4v) is 4.34. The highest BCUT2D eigenvalue weighted by Crippen LogP contribution is 2.35. The molecular formula is C27H26N2O4. The van der Waals surface area contributed by atoms with E-state index >= 15 is 0 Å². The Morgan fingerprint density at radius 2 is 1.85 bits per heavy atom. The Hall–Kier alpha value is -3.48. The summed E-state index contributed by atoms with van der Waals surface area (Å²) in [5.41, 5.74) is 5.70. The second-order valence-corrected chi connectivity index (χ2v) is 8.38. The molecule has 0 radical (unpaired) electrons.